The van der Waals surface area contributed by atoms with Gasteiger partial charge in [-0.15, -0.1) is 0 Å². The summed E-state index contributed by atoms with van der Waals surface area (Å²) in [5.74, 6) is 0.847. The van der Waals surface area contributed by atoms with Crippen LogP contribution in [0.3, 0.4) is 0 Å². The van der Waals surface area contributed by atoms with E-state index in [2.05, 4.69) is 21.3 Å². The van der Waals surface area contributed by atoms with Crippen molar-refractivity contribution >= 4 is 28.4 Å². The van der Waals surface area contributed by atoms with E-state index in [1.54, 1.807) is 0 Å². The van der Waals surface area contributed by atoms with E-state index in [1.165, 1.54) is 10.9 Å². The fraction of sp³-hybridized carbons (Fsp3) is 0.259. The Morgan fingerprint density at radius 1 is 1.17 bits per heavy atom. The van der Waals surface area contributed by atoms with Crippen LogP contribution in [0.1, 0.15) is 24.0 Å². The molecule has 36 heavy (non-hydrogen) atoms. The highest BCUT2D eigenvalue weighted by atomic mass is 16.1. The van der Waals surface area contributed by atoms with Crippen molar-refractivity contribution < 1.29 is 0 Å². The number of amidine groups is 1. The molecule has 0 spiro atoms. The Balaban J connectivity index is 1.61. The van der Waals surface area contributed by atoms with Gasteiger partial charge in [0.25, 0.3) is 5.56 Å². The molecule has 1 saturated heterocycles. The molecule has 4 aromatic rings. The van der Waals surface area contributed by atoms with Crippen LogP contribution in [0.2, 0.25) is 0 Å². The largest absolute Gasteiger partial charge is 0.355 e. The van der Waals surface area contributed by atoms with Crippen LogP contribution in [-0.4, -0.2) is 39.1 Å². The number of nitriles is 1. The minimum Gasteiger partial charge on any atom is -0.355 e. The van der Waals surface area contributed by atoms with Crippen LogP contribution in [0.15, 0.2) is 71.8 Å². The van der Waals surface area contributed by atoms with Crippen molar-refractivity contribution in [3.05, 3.63) is 88.5 Å². The minimum absolute atomic E-state index is 0.00244. The molecular formula is C27H28N8O. The van der Waals surface area contributed by atoms with Gasteiger partial charge in [0.15, 0.2) is 0 Å². The summed E-state index contributed by atoms with van der Waals surface area (Å²) in [6, 6.07) is 21.5. The third-order valence-corrected chi connectivity index (χ3v) is 6.45. The van der Waals surface area contributed by atoms with Gasteiger partial charge in [-0.1, -0.05) is 48.5 Å². The number of benzene rings is 2. The molecular weight excluding hydrogens is 452 g/mol. The molecule has 3 heterocycles. The maximum absolute atomic E-state index is 13.8. The Kier molecular flexibility index (Phi) is 6.52. The molecule has 4 N–H and O–H groups in total. The zero-order valence-electron chi connectivity index (χ0n) is 19.9. The Labute approximate surface area is 208 Å². The van der Waals surface area contributed by atoms with Gasteiger partial charge in [-0.05, 0) is 30.5 Å². The molecule has 9 heteroatoms. The molecule has 182 valence electrons. The second-order valence-electron chi connectivity index (χ2n) is 9.07. The van der Waals surface area contributed by atoms with E-state index in [9.17, 15) is 10.1 Å². The standard InChI is InChI=1S/C27H28N8O/c28-14-22-24-25(27(36)34(18-31-24)17-23(30)32-21-11-5-2-6-12-21)35(15-19-8-3-1-4-9-19)26(22)33-13-7-10-20(29)16-33/h1-6,8-9,11-12,18,20H,7,10,13,15-17,29H2,(H2,30,32)/t20-/m0/s1. The SMILES string of the molecule is N#Cc1c(N2CCC[C@H](N)C2)n(Cc2ccccc2)c2c(=O)n(CC(=N)Nc3ccccc3)cnc12. The zero-order valence-corrected chi connectivity index (χ0v) is 19.9. The molecule has 1 aliphatic heterocycles. The molecule has 0 bridgehead atoms. The lowest BCUT2D eigenvalue weighted by atomic mass is 10.1. The first-order valence-corrected chi connectivity index (χ1v) is 12.0. The van der Waals surface area contributed by atoms with Gasteiger partial charge in [-0.25, -0.2) is 4.98 Å². The van der Waals surface area contributed by atoms with Gasteiger partial charge in [-0.3, -0.25) is 14.8 Å². The van der Waals surface area contributed by atoms with Crippen LogP contribution in [-0.2, 0) is 13.1 Å². The lowest BCUT2D eigenvalue weighted by Crippen LogP contribution is -2.44. The second kappa shape index (κ2) is 10.1. The van der Waals surface area contributed by atoms with Gasteiger partial charge in [-0.2, -0.15) is 5.26 Å². The fourth-order valence-electron chi connectivity index (χ4n) is 4.82. The normalized spacial score (nSPS) is 15.6. The topological polar surface area (TPSA) is 129 Å². The molecule has 1 aliphatic rings. The molecule has 0 saturated carbocycles. The number of para-hydroxylation sites is 1. The average molecular weight is 481 g/mol. The quantitative estimate of drug-likeness (QED) is 0.287. The van der Waals surface area contributed by atoms with Crippen molar-refractivity contribution in [2.24, 2.45) is 5.73 Å². The summed E-state index contributed by atoms with van der Waals surface area (Å²) in [6.07, 6.45) is 3.27. The zero-order chi connectivity index (χ0) is 25.1. The molecule has 2 aromatic heterocycles. The van der Waals surface area contributed by atoms with Gasteiger partial charge >= 0.3 is 0 Å². The lowest BCUT2D eigenvalue weighted by molar-refractivity contribution is 0.498. The maximum atomic E-state index is 13.8. The van der Waals surface area contributed by atoms with Crippen LogP contribution in [0.25, 0.3) is 11.0 Å². The summed E-state index contributed by atoms with van der Waals surface area (Å²) < 4.78 is 3.32. The highest BCUT2D eigenvalue weighted by Crippen LogP contribution is 2.32. The third-order valence-electron chi connectivity index (χ3n) is 6.45. The predicted molar refractivity (Wildman–Crippen MR) is 141 cm³/mol. The Morgan fingerprint density at radius 2 is 1.89 bits per heavy atom. The monoisotopic (exact) mass is 480 g/mol. The minimum atomic E-state index is -0.292. The molecule has 9 nitrogen and oxygen atoms in total. The van der Waals surface area contributed by atoms with Crippen molar-refractivity contribution in [2.75, 3.05) is 23.3 Å². The number of rotatable bonds is 6. The number of hydrogen-bond donors (Lipinski definition) is 3. The first-order valence-electron chi connectivity index (χ1n) is 12.0. The van der Waals surface area contributed by atoms with Gasteiger partial charge in [0.1, 0.15) is 34.3 Å². The molecule has 5 rings (SSSR count). The van der Waals surface area contributed by atoms with Gasteiger partial charge in [0, 0.05) is 31.4 Å². The molecule has 0 aliphatic carbocycles. The number of piperidine rings is 1. The summed E-state index contributed by atoms with van der Waals surface area (Å²) in [6.45, 7) is 1.81. The summed E-state index contributed by atoms with van der Waals surface area (Å²) in [5.41, 5.74) is 8.89. The lowest BCUT2D eigenvalue weighted by Gasteiger charge is -2.33. The number of nitrogens with two attached hydrogens (primary N) is 1. The molecule has 2 aromatic carbocycles. The summed E-state index contributed by atoms with van der Waals surface area (Å²) in [7, 11) is 0. The van der Waals surface area contributed by atoms with Gasteiger partial charge in [0.2, 0.25) is 0 Å². The summed E-state index contributed by atoms with van der Waals surface area (Å²) >= 11 is 0. The Morgan fingerprint density at radius 3 is 2.58 bits per heavy atom. The van der Waals surface area contributed by atoms with Gasteiger partial charge in [0.05, 0.1) is 12.9 Å². The van der Waals surface area contributed by atoms with E-state index in [4.69, 9.17) is 11.1 Å². The fourth-order valence-corrected chi connectivity index (χ4v) is 4.82. The van der Waals surface area contributed by atoms with Crippen LogP contribution < -0.4 is 21.5 Å². The maximum Gasteiger partial charge on any atom is 0.278 e. The molecule has 0 unspecified atom stereocenters. The van der Waals surface area contributed by atoms with Crippen LogP contribution >= 0.6 is 0 Å². The molecule has 1 fully saturated rings. The highest BCUT2D eigenvalue weighted by Gasteiger charge is 2.28. The van der Waals surface area contributed by atoms with E-state index >= 15 is 0 Å². The smallest absolute Gasteiger partial charge is 0.278 e. The van der Waals surface area contributed by atoms with Crippen molar-refractivity contribution in [3.8, 4) is 6.07 Å². The Bertz CT molecular complexity index is 1480. The van der Waals surface area contributed by atoms with Crippen molar-refractivity contribution in [1.82, 2.24) is 14.1 Å². The van der Waals surface area contributed by atoms with Crippen molar-refractivity contribution in [3.63, 3.8) is 0 Å². The number of hydrogen-bond acceptors (Lipinski definition) is 6. The number of nitrogens with zero attached hydrogens (tertiary/aromatic N) is 5. The summed E-state index contributed by atoms with van der Waals surface area (Å²) in [5, 5.41) is 21.6. The van der Waals surface area contributed by atoms with E-state index in [0.29, 0.717) is 35.5 Å². The molecule has 0 radical (unpaired) electrons. The highest BCUT2D eigenvalue weighted by molar-refractivity contribution is 5.93. The van der Waals surface area contributed by atoms with Crippen molar-refractivity contribution in [1.29, 1.82) is 10.7 Å². The van der Waals surface area contributed by atoms with Crippen LogP contribution in [0.4, 0.5) is 11.5 Å². The van der Waals surface area contributed by atoms with E-state index in [-0.39, 0.29) is 24.0 Å². The van der Waals surface area contributed by atoms with E-state index in [0.717, 1.165) is 30.6 Å². The first-order chi connectivity index (χ1) is 17.5. The predicted octanol–water partition coefficient (Wildman–Crippen LogP) is 3.13. The second-order valence-corrected chi connectivity index (χ2v) is 9.07. The number of nitrogens with one attached hydrogen (secondary N) is 2. The first kappa shape index (κ1) is 23.3. The van der Waals surface area contributed by atoms with E-state index < -0.39 is 0 Å². The molecule has 1 atom stereocenters. The molecule has 0 amide bonds. The number of fused-ring (bicyclic) bond motifs is 1. The van der Waals surface area contributed by atoms with Crippen LogP contribution in [0, 0.1) is 16.7 Å². The average Bonchev–Trinajstić information content (AvgIpc) is 3.20. The summed E-state index contributed by atoms with van der Waals surface area (Å²) in [4.78, 5) is 20.4. The van der Waals surface area contributed by atoms with Crippen molar-refractivity contribution in [2.45, 2.75) is 32.0 Å². The van der Waals surface area contributed by atoms with Crippen LogP contribution in [0.5, 0.6) is 0 Å². The third kappa shape index (κ3) is 4.59. The Hall–Kier alpha value is -4.42. The van der Waals surface area contributed by atoms with Gasteiger partial charge < -0.3 is 20.5 Å². The van der Waals surface area contributed by atoms with E-state index in [1.807, 2.05) is 65.2 Å². The number of aromatic nitrogens is 3. The number of anilines is 2.